The minimum absolute atomic E-state index is 0.0758. The van der Waals surface area contributed by atoms with Crippen molar-refractivity contribution in [3.05, 3.63) is 59.9 Å². The summed E-state index contributed by atoms with van der Waals surface area (Å²) in [5.74, 6) is 1.28. The normalized spacial score (nSPS) is 13.1. The van der Waals surface area contributed by atoms with E-state index in [9.17, 15) is 4.79 Å². The molecule has 0 aliphatic rings. The highest BCUT2D eigenvalue weighted by Gasteiger charge is 2.29. The Bertz CT molecular complexity index is 1090. The number of tetrazole rings is 2. The highest BCUT2D eigenvalue weighted by Crippen LogP contribution is 2.31. The van der Waals surface area contributed by atoms with Gasteiger partial charge in [-0.05, 0) is 57.3 Å². The summed E-state index contributed by atoms with van der Waals surface area (Å²) in [5.41, 5.74) is 4.28. The molecule has 0 unspecified atom stereocenters. The molecule has 2 atom stereocenters. The Balaban J connectivity index is 1.53. The van der Waals surface area contributed by atoms with Crippen LogP contribution in [0.2, 0.25) is 0 Å². The molecule has 9 nitrogen and oxygen atoms in total. The van der Waals surface area contributed by atoms with E-state index in [1.807, 2.05) is 24.3 Å². The van der Waals surface area contributed by atoms with Crippen LogP contribution >= 0.6 is 0 Å². The smallest absolute Gasteiger partial charge is 0.179 e. The number of rotatable bonds is 9. The fourth-order valence-electron chi connectivity index (χ4n) is 3.94. The van der Waals surface area contributed by atoms with Crippen LogP contribution in [0, 0.1) is 5.92 Å². The number of nitrogens with zero attached hydrogens (tertiary/aromatic N) is 6. The fourth-order valence-corrected chi connectivity index (χ4v) is 3.94. The van der Waals surface area contributed by atoms with Crippen molar-refractivity contribution in [1.29, 1.82) is 0 Å². The molecule has 0 radical (unpaired) electrons. The average Bonchev–Trinajstić information content (AvgIpc) is 3.51. The molecule has 31 heavy (non-hydrogen) atoms. The molecule has 0 bridgehead atoms. The lowest BCUT2D eigenvalue weighted by molar-refractivity contribution is -0.121. The third kappa shape index (κ3) is 4.71. The van der Waals surface area contributed by atoms with Crippen molar-refractivity contribution in [2.45, 2.75) is 39.0 Å². The molecule has 2 heterocycles. The first-order chi connectivity index (χ1) is 15.2. The van der Waals surface area contributed by atoms with E-state index in [2.05, 4.69) is 72.4 Å². The fraction of sp³-hybridized carbons (Fsp3) is 0.318. The van der Waals surface area contributed by atoms with Gasteiger partial charge in [0.1, 0.15) is 5.78 Å². The number of carbonyl (C=O) groups is 1. The second-order valence-corrected chi connectivity index (χ2v) is 7.63. The Morgan fingerprint density at radius 2 is 1.48 bits per heavy atom. The van der Waals surface area contributed by atoms with Crippen molar-refractivity contribution >= 4 is 5.78 Å². The van der Waals surface area contributed by atoms with E-state index in [-0.39, 0.29) is 17.6 Å². The van der Waals surface area contributed by atoms with Crippen molar-refractivity contribution in [3.8, 4) is 22.5 Å². The monoisotopic (exact) mass is 416 g/mol. The van der Waals surface area contributed by atoms with E-state index in [0.29, 0.717) is 18.1 Å². The average molecular weight is 416 g/mol. The van der Waals surface area contributed by atoms with Gasteiger partial charge in [0, 0.05) is 17.4 Å². The third-order valence-electron chi connectivity index (χ3n) is 5.57. The van der Waals surface area contributed by atoms with Crippen LogP contribution in [-0.4, -0.2) is 47.0 Å². The zero-order valence-corrected chi connectivity index (χ0v) is 17.5. The van der Waals surface area contributed by atoms with Crippen molar-refractivity contribution in [2.24, 2.45) is 5.92 Å². The summed E-state index contributed by atoms with van der Waals surface area (Å²) in [5, 5.41) is 28.3. The molecule has 0 aliphatic carbocycles. The summed E-state index contributed by atoms with van der Waals surface area (Å²) in [7, 11) is 0. The van der Waals surface area contributed by atoms with Gasteiger partial charge >= 0.3 is 0 Å². The van der Waals surface area contributed by atoms with Crippen LogP contribution in [-0.2, 0) is 11.2 Å². The molecule has 2 N–H and O–H groups in total. The lowest BCUT2D eigenvalue weighted by Gasteiger charge is -2.23. The number of H-pyrrole nitrogens is 2. The number of hydrogen-bond donors (Lipinski definition) is 2. The van der Waals surface area contributed by atoms with E-state index < -0.39 is 0 Å². The van der Waals surface area contributed by atoms with Crippen LogP contribution in [0.3, 0.4) is 0 Å². The third-order valence-corrected chi connectivity index (χ3v) is 5.57. The van der Waals surface area contributed by atoms with Gasteiger partial charge in [-0.3, -0.25) is 4.79 Å². The molecule has 9 heteroatoms. The highest BCUT2D eigenvalue weighted by atomic mass is 16.1. The van der Waals surface area contributed by atoms with E-state index in [4.69, 9.17) is 0 Å². The predicted molar refractivity (Wildman–Crippen MR) is 115 cm³/mol. The van der Waals surface area contributed by atoms with E-state index in [0.717, 1.165) is 35.1 Å². The zero-order chi connectivity index (χ0) is 21.6. The molecule has 4 aromatic rings. The minimum atomic E-state index is -0.113. The van der Waals surface area contributed by atoms with Crippen molar-refractivity contribution in [3.63, 3.8) is 0 Å². The summed E-state index contributed by atoms with van der Waals surface area (Å²) in [6.07, 6.45) is 2.44. The number of aromatic amines is 2. The number of ketones is 1. The molecule has 0 spiro atoms. The molecule has 0 saturated carbocycles. The molecule has 0 amide bonds. The predicted octanol–water partition coefficient (Wildman–Crippen LogP) is 3.38. The van der Waals surface area contributed by atoms with Gasteiger partial charge < -0.3 is 0 Å². The molecule has 2 aromatic carbocycles. The lowest BCUT2D eigenvalue weighted by Crippen LogP contribution is -2.23. The first-order valence-corrected chi connectivity index (χ1v) is 10.3. The minimum Gasteiger partial charge on any atom is -0.300 e. The molecule has 0 fully saturated rings. The highest BCUT2D eigenvalue weighted by molar-refractivity contribution is 5.79. The standard InChI is InChI=1S/C22H24N8O/c1-3-4-19(14(2)31)20(22-25-29-30-26-22)13-15-5-7-16(8-6-15)17-9-11-18(12-10-17)21-23-27-28-24-21/h5-12,19-20H,3-4,13H2,1-2H3,(H,23,24,27,28)(H,25,26,29,30)/t19-,20+/m1/s1. The van der Waals surface area contributed by atoms with Crippen LogP contribution in [0.1, 0.15) is 44.0 Å². The molecule has 0 aliphatic heterocycles. The SMILES string of the molecule is CCC[C@H](C(C)=O)[C@H](Cc1ccc(-c2ccc(-c3nnn[nH]3)cc2)cc1)c1nnn[nH]1. The summed E-state index contributed by atoms with van der Waals surface area (Å²) in [4.78, 5) is 12.3. The van der Waals surface area contributed by atoms with Gasteiger partial charge in [-0.1, -0.05) is 61.9 Å². The Hall–Kier alpha value is -3.75. The quantitative estimate of drug-likeness (QED) is 0.428. The topological polar surface area (TPSA) is 126 Å². The van der Waals surface area contributed by atoms with Crippen LogP contribution in [0.4, 0.5) is 0 Å². The molecular formula is C22H24N8O. The molecule has 0 saturated heterocycles. The van der Waals surface area contributed by atoms with Crippen LogP contribution in [0.25, 0.3) is 22.5 Å². The largest absolute Gasteiger partial charge is 0.300 e. The number of hydrogen-bond acceptors (Lipinski definition) is 7. The summed E-state index contributed by atoms with van der Waals surface area (Å²) in [6, 6.07) is 16.5. The van der Waals surface area contributed by atoms with Crippen molar-refractivity contribution < 1.29 is 4.79 Å². The Labute approximate surface area is 179 Å². The van der Waals surface area contributed by atoms with Gasteiger partial charge in [0.15, 0.2) is 11.6 Å². The number of benzene rings is 2. The Morgan fingerprint density at radius 1 is 0.871 bits per heavy atom. The van der Waals surface area contributed by atoms with Gasteiger partial charge in [0.25, 0.3) is 0 Å². The van der Waals surface area contributed by atoms with Crippen molar-refractivity contribution in [1.82, 2.24) is 41.2 Å². The maximum absolute atomic E-state index is 12.3. The van der Waals surface area contributed by atoms with E-state index in [1.54, 1.807) is 6.92 Å². The first-order valence-electron chi connectivity index (χ1n) is 10.3. The van der Waals surface area contributed by atoms with Gasteiger partial charge in [-0.2, -0.15) is 0 Å². The number of nitrogens with one attached hydrogen (secondary N) is 2. The second-order valence-electron chi connectivity index (χ2n) is 7.63. The number of aromatic nitrogens is 8. The maximum Gasteiger partial charge on any atom is 0.179 e. The van der Waals surface area contributed by atoms with E-state index >= 15 is 0 Å². The Morgan fingerprint density at radius 3 is 2.03 bits per heavy atom. The van der Waals surface area contributed by atoms with Gasteiger partial charge in [-0.15, -0.1) is 10.2 Å². The first kappa shape index (κ1) is 20.5. The van der Waals surface area contributed by atoms with E-state index in [1.165, 1.54) is 0 Å². The second kappa shape index (κ2) is 9.38. The molecule has 4 rings (SSSR count). The summed E-state index contributed by atoms with van der Waals surface area (Å²) >= 11 is 0. The number of Topliss-reactive ketones (excluding diaryl/α,β-unsaturated/α-hetero) is 1. The van der Waals surface area contributed by atoms with Crippen molar-refractivity contribution in [2.75, 3.05) is 0 Å². The maximum atomic E-state index is 12.3. The summed E-state index contributed by atoms with van der Waals surface area (Å²) in [6.45, 7) is 3.74. The van der Waals surface area contributed by atoms with Gasteiger partial charge in [0.05, 0.1) is 0 Å². The molecular weight excluding hydrogens is 392 g/mol. The Kier molecular flexibility index (Phi) is 6.21. The van der Waals surface area contributed by atoms with Crippen LogP contribution < -0.4 is 0 Å². The van der Waals surface area contributed by atoms with Gasteiger partial charge in [0.2, 0.25) is 0 Å². The zero-order valence-electron chi connectivity index (χ0n) is 17.5. The molecule has 158 valence electrons. The lowest BCUT2D eigenvalue weighted by atomic mass is 9.81. The molecule has 2 aromatic heterocycles. The van der Waals surface area contributed by atoms with Gasteiger partial charge in [-0.25, -0.2) is 10.2 Å². The van der Waals surface area contributed by atoms with Crippen LogP contribution in [0.5, 0.6) is 0 Å². The summed E-state index contributed by atoms with van der Waals surface area (Å²) < 4.78 is 0. The number of carbonyl (C=O) groups excluding carboxylic acids is 1. The van der Waals surface area contributed by atoms with Crippen LogP contribution in [0.15, 0.2) is 48.5 Å².